The number of hydrogen-bond acceptors (Lipinski definition) is 3. The molecule has 0 amide bonds. The SMILES string of the molecule is CC1=Nc2cncnc2C1. The second-order valence-corrected chi connectivity index (χ2v) is 2.38. The first-order valence-corrected chi connectivity index (χ1v) is 3.19. The van der Waals surface area contributed by atoms with Crippen LogP contribution in [0.15, 0.2) is 17.5 Å². The van der Waals surface area contributed by atoms with Gasteiger partial charge in [0.15, 0.2) is 0 Å². The number of aromatic nitrogens is 2. The average molecular weight is 133 g/mol. The molecule has 2 heterocycles. The van der Waals surface area contributed by atoms with Crippen LogP contribution in [0, 0.1) is 0 Å². The van der Waals surface area contributed by atoms with Gasteiger partial charge in [0, 0.05) is 12.1 Å². The summed E-state index contributed by atoms with van der Waals surface area (Å²) in [5, 5.41) is 0. The summed E-state index contributed by atoms with van der Waals surface area (Å²) in [6.07, 6.45) is 4.20. The highest BCUT2D eigenvalue weighted by Gasteiger charge is 2.10. The smallest absolute Gasteiger partial charge is 0.115 e. The van der Waals surface area contributed by atoms with Crippen molar-refractivity contribution in [2.24, 2.45) is 4.99 Å². The molecule has 1 aromatic heterocycles. The summed E-state index contributed by atoms with van der Waals surface area (Å²) in [6.45, 7) is 2.00. The lowest BCUT2D eigenvalue weighted by Crippen LogP contribution is -1.91. The molecule has 1 aliphatic heterocycles. The van der Waals surface area contributed by atoms with Crippen LogP contribution in [0.1, 0.15) is 12.6 Å². The van der Waals surface area contributed by atoms with Crippen LogP contribution in [0.5, 0.6) is 0 Å². The van der Waals surface area contributed by atoms with Crippen LogP contribution in [0.4, 0.5) is 5.69 Å². The van der Waals surface area contributed by atoms with Crippen molar-refractivity contribution in [1.82, 2.24) is 9.97 Å². The molecule has 0 saturated carbocycles. The van der Waals surface area contributed by atoms with Gasteiger partial charge in [0.25, 0.3) is 0 Å². The predicted octanol–water partition coefficient (Wildman–Crippen LogP) is 1.13. The van der Waals surface area contributed by atoms with Gasteiger partial charge >= 0.3 is 0 Å². The second-order valence-electron chi connectivity index (χ2n) is 2.38. The maximum Gasteiger partial charge on any atom is 0.115 e. The zero-order chi connectivity index (χ0) is 6.97. The highest BCUT2D eigenvalue weighted by atomic mass is 14.9. The van der Waals surface area contributed by atoms with Crippen molar-refractivity contribution < 1.29 is 0 Å². The van der Waals surface area contributed by atoms with E-state index in [2.05, 4.69) is 15.0 Å². The Morgan fingerprint density at radius 3 is 3.20 bits per heavy atom. The van der Waals surface area contributed by atoms with Gasteiger partial charge in [-0.15, -0.1) is 0 Å². The third-order valence-corrected chi connectivity index (χ3v) is 1.51. The van der Waals surface area contributed by atoms with E-state index in [1.54, 1.807) is 12.5 Å². The van der Waals surface area contributed by atoms with E-state index in [9.17, 15) is 0 Å². The van der Waals surface area contributed by atoms with Crippen molar-refractivity contribution >= 4 is 11.4 Å². The number of nitrogens with zero attached hydrogens (tertiary/aromatic N) is 3. The number of aliphatic imine (C=N–C) groups is 1. The molecule has 0 radical (unpaired) electrons. The third-order valence-electron chi connectivity index (χ3n) is 1.51. The van der Waals surface area contributed by atoms with Gasteiger partial charge in [-0.3, -0.25) is 4.99 Å². The predicted molar refractivity (Wildman–Crippen MR) is 38.5 cm³/mol. The molecule has 10 heavy (non-hydrogen) atoms. The van der Waals surface area contributed by atoms with Crippen LogP contribution < -0.4 is 0 Å². The molecular weight excluding hydrogens is 126 g/mol. The summed E-state index contributed by atoms with van der Waals surface area (Å²) in [7, 11) is 0. The Kier molecular flexibility index (Phi) is 1.03. The van der Waals surface area contributed by atoms with Gasteiger partial charge in [0.1, 0.15) is 12.0 Å². The number of fused-ring (bicyclic) bond motifs is 1. The quantitative estimate of drug-likeness (QED) is 0.532. The van der Waals surface area contributed by atoms with Crippen molar-refractivity contribution in [3.8, 4) is 0 Å². The maximum absolute atomic E-state index is 4.24. The van der Waals surface area contributed by atoms with E-state index >= 15 is 0 Å². The molecule has 0 atom stereocenters. The molecule has 50 valence electrons. The van der Waals surface area contributed by atoms with Crippen molar-refractivity contribution in [2.75, 3.05) is 0 Å². The van der Waals surface area contributed by atoms with E-state index in [0.29, 0.717) is 0 Å². The number of hydrogen-bond donors (Lipinski definition) is 0. The second kappa shape index (κ2) is 1.87. The maximum atomic E-state index is 4.24. The molecule has 0 unspecified atom stereocenters. The van der Waals surface area contributed by atoms with Gasteiger partial charge < -0.3 is 0 Å². The third kappa shape index (κ3) is 0.708. The van der Waals surface area contributed by atoms with E-state index in [4.69, 9.17) is 0 Å². The lowest BCUT2D eigenvalue weighted by molar-refractivity contribution is 1.09. The lowest BCUT2D eigenvalue weighted by Gasteiger charge is -1.89. The minimum absolute atomic E-state index is 0.887. The minimum Gasteiger partial charge on any atom is -0.254 e. The molecule has 3 heteroatoms. The van der Waals surface area contributed by atoms with E-state index < -0.39 is 0 Å². The Hall–Kier alpha value is -1.25. The first-order chi connectivity index (χ1) is 4.86. The molecule has 1 aliphatic rings. The number of rotatable bonds is 0. The molecule has 2 rings (SSSR count). The fourth-order valence-electron chi connectivity index (χ4n) is 1.06. The molecule has 0 saturated heterocycles. The zero-order valence-electron chi connectivity index (χ0n) is 5.70. The Bertz CT molecular complexity index is 291. The summed E-state index contributed by atoms with van der Waals surface area (Å²) < 4.78 is 0. The largest absolute Gasteiger partial charge is 0.254 e. The topological polar surface area (TPSA) is 38.1 Å². The van der Waals surface area contributed by atoms with Gasteiger partial charge in [-0.1, -0.05) is 0 Å². The molecule has 0 N–H and O–H groups in total. The van der Waals surface area contributed by atoms with Crippen molar-refractivity contribution in [3.63, 3.8) is 0 Å². The van der Waals surface area contributed by atoms with Crippen LogP contribution >= 0.6 is 0 Å². The average Bonchev–Trinajstić information content (AvgIpc) is 2.27. The summed E-state index contributed by atoms with van der Waals surface area (Å²) >= 11 is 0. The first kappa shape index (κ1) is 5.53. The molecular formula is C7H7N3. The van der Waals surface area contributed by atoms with Crippen LogP contribution in [-0.2, 0) is 6.42 Å². The molecule has 3 nitrogen and oxygen atoms in total. The molecule has 1 aromatic rings. The van der Waals surface area contributed by atoms with Crippen LogP contribution in [-0.4, -0.2) is 15.7 Å². The Morgan fingerprint density at radius 2 is 2.40 bits per heavy atom. The zero-order valence-corrected chi connectivity index (χ0v) is 5.70. The van der Waals surface area contributed by atoms with Gasteiger partial charge in [-0.2, -0.15) is 0 Å². The van der Waals surface area contributed by atoms with E-state index in [1.807, 2.05) is 6.92 Å². The molecule has 0 bridgehead atoms. The van der Waals surface area contributed by atoms with Gasteiger partial charge in [-0.25, -0.2) is 9.97 Å². The summed E-state index contributed by atoms with van der Waals surface area (Å²) in [6, 6.07) is 0. The highest BCUT2D eigenvalue weighted by Crippen LogP contribution is 2.21. The Balaban J connectivity index is 2.54. The minimum atomic E-state index is 0.887. The summed E-state index contributed by atoms with van der Waals surface area (Å²) in [4.78, 5) is 12.2. The Morgan fingerprint density at radius 1 is 1.50 bits per heavy atom. The van der Waals surface area contributed by atoms with Crippen LogP contribution in [0.2, 0.25) is 0 Å². The van der Waals surface area contributed by atoms with E-state index in [1.165, 1.54) is 0 Å². The standard InChI is InChI=1S/C7H7N3/c1-5-2-6-7(10-5)3-8-4-9-6/h3-4H,2H2,1H3. The van der Waals surface area contributed by atoms with Gasteiger partial charge in [-0.05, 0) is 6.92 Å². The van der Waals surface area contributed by atoms with E-state index in [-0.39, 0.29) is 0 Å². The highest BCUT2D eigenvalue weighted by molar-refractivity contribution is 5.91. The van der Waals surface area contributed by atoms with E-state index in [0.717, 1.165) is 23.5 Å². The van der Waals surface area contributed by atoms with Crippen molar-refractivity contribution in [1.29, 1.82) is 0 Å². The molecule has 0 aliphatic carbocycles. The fraction of sp³-hybridized carbons (Fsp3) is 0.286. The molecule has 0 fully saturated rings. The van der Waals surface area contributed by atoms with Crippen LogP contribution in [0.3, 0.4) is 0 Å². The fourth-order valence-corrected chi connectivity index (χ4v) is 1.06. The lowest BCUT2D eigenvalue weighted by atomic mass is 10.2. The first-order valence-electron chi connectivity index (χ1n) is 3.19. The Labute approximate surface area is 58.9 Å². The summed E-state index contributed by atoms with van der Waals surface area (Å²) in [5.74, 6) is 0. The van der Waals surface area contributed by atoms with Crippen molar-refractivity contribution in [3.05, 3.63) is 18.2 Å². The van der Waals surface area contributed by atoms with Crippen molar-refractivity contribution in [2.45, 2.75) is 13.3 Å². The monoisotopic (exact) mass is 133 g/mol. The van der Waals surface area contributed by atoms with Gasteiger partial charge in [0.2, 0.25) is 0 Å². The molecule has 0 spiro atoms. The normalized spacial score (nSPS) is 14.7. The molecule has 0 aromatic carbocycles. The van der Waals surface area contributed by atoms with Crippen LogP contribution in [0.25, 0.3) is 0 Å². The van der Waals surface area contributed by atoms with Gasteiger partial charge in [0.05, 0.1) is 11.9 Å². The summed E-state index contributed by atoms with van der Waals surface area (Å²) in [5.41, 5.74) is 3.10.